The largest absolute Gasteiger partial charge is 0.294 e. The first-order valence-corrected chi connectivity index (χ1v) is 6.74. The molecule has 0 spiro atoms. The number of pyridine rings is 1. The van der Waals surface area contributed by atoms with Crippen LogP contribution in [-0.2, 0) is 6.42 Å². The molecule has 0 unspecified atom stereocenters. The van der Waals surface area contributed by atoms with Crippen molar-refractivity contribution in [2.45, 2.75) is 12.8 Å². The topological polar surface area (TPSA) is 30.0 Å². The zero-order valence-electron chi connectivity index (χ0n) is 11.1. The van der Waals surface area contributed by atoms with Gasteiger partial charge in [-0.3, -0.25) is 9.78 Å². The molecule has 0 saturated heterocycles. The highest BCUT2D eigenvalue weighted by atomic mass is 16.1. The molecule has 0 saturated carbocycles. The minimum absolute atomic E-state index is 0.180. The third-order valence-corrected chi connectivity index (χ3v) is 3.43. The van der Waals surface area contributed by atoms with Crippen molar-refractivity contribution in [2.75, 3.05) is 0 Å². The van der Waals surface area contributed by atoms with Gasteiger partial charge in [-0.05, 0) is 34.9 Å². The molecule has 2 heteroatoms. The second-order valence-electron chi connectivity index (χ2n) is 4.85. The van der Waals surface area contributed by atoms with Crippen molar-refractivity contribution in [1.82, 2.24) is 4.98 Å². The molecule has 0 atom stereocenters. The van der Waals surface area contributed by atoms with E-state index in [2.05, 4.69) is 11.1 Å². The SMILES string of the molecule is O=C(CCc1cccnc1)c1ccc2ccccc2c1. The molecular formula is C18H15NO. The van der Waals surface area contributed by atoms with Crippen LogP contribution >= 0.6 is 0 Å². The van der Waals surface area contributed by atoms with E-state index in [1.165, 1.54) is 0 Å². The summed E-state index contributed by atoms with van der Waals surface area (Å²) in [5.41, 5.74) is 1.88. The van der Waals surface area contributed by atoms with Crippen molar-refractivity contribution >= 4 is 16.6 Å². The predicted molar refractivity (Wildman–Crippen MR) is 80.8 cm³/mol. The van der Waals surface area contributed by atoms with Crippen molar-refractivity contribution in [3.05, 3.63) is 78.1 Å². The lowest BCUT2D eigenvalue weighted by Crippen LogP contribution is -2.01. The molecule has 98 valence electrons. The molecule has 0 fully saturated rings. The van der Waals surface area contributed by atoms with E-state index in [1.54, 1.807) is 6.20 Å². The van der Waals surface area contributed by atoms with Crippen LogP contribution < -0.4 is 0 Å². The van der Waals surface area contributed by atoms with Gasteiger partial charge in [-0.1, -0.05) is 42.5 Å². The molecule has 0 bridgehead atoms. The van der Waals surface area contributed by atoms with Crippen LogP contribution in [-0.4, -0.2) is 10.8 Å². The fourth-order valence-corrected chi connectivity index (χ4v) is 2.31. The second-order valence-corrected chi connectivity index (χ2v) is 4.85. The molecule has 1 heterocycles. The van der Waals surface area contributed by atoms with Gasteiger partial charge in [0, 0.05) is 24.4 Å². The lowest BCUT2D eigenvalue weighted by molar-refractivity contribution is 0.0983. The molecule has 0 aliphatic rings. The number of hydrogen-bond donors (Lipinski definition) is 0. The molecule has 0 aliphatic carbocycles. The van der Waals surface area contributed by atoms with E-state index in [0.717, 1.165) is 28.3 Å². The normalized spacial score (nSPS) is 10.6. The van der Waals surface area contributed by atoms with Gasteiger partial charge in [0.05, 0.1) is 0 Å². The van der Waals surface area contributed by atoms with Crippen molar-refractivity contribution in [3.63, 3.8) is 0 Å². The molecule has 0 amide bonds. The Balaban J connectivity index is 1.75. The Bertz CT molecular complexity index is 735. The molecule has 3 rings (SSSR count). The molecule has 0 aliphatic heterocycles. The van der Waals surface area contributed by atoms with Crippen LogP contribution in [0.15, 0.2) is 67.0 Å². The van der Waals surface area contributed by atoms with E-state index >= 15 is 0 Å². The summed E-state index contributed by atoms with van der Waals surface area (Å²) in [4.78, 5) is 16.3. The summed E-state index contributed by atoms with van der Waals surface area (Å²) in [7, 11) is 0. The molecule has 20 heavy (non-hydrogen) atoms. The summed E-state index contributed by atoms with van der Waals surface area (Å²) in [5, 5.41) is 2.27. The molecular weight excluding hydrogens is 246 g/mol. The van der Waals surface area contributed by atoms with Gasteiger partial charge >= 0.3 is 0 Å². The number of aryl methyl sites for hydroxylation is 1. The highest BCUT2D eigenvalue weighted by molar-refractivity contribution is 6.00. The molecule has 2 nitrogen and oxygen atoms in total. The van der Waals surface area contributed by atoms with E-state index < -0.39 is 0 Å². The Labute approximate surface area is 118 Å². The van der Waals surface area contributed by atoms with Gasteiger partial charge in [0.25, 0.3) is 0 Å². The Morgan fingerprint density at radius 3 is 2.60 bits per heavy atom. The maximum absolute atomic E-state index is 12.2. The van der Waals surface area contributed by atoms with Gasteiger partial charge in [-0.15, -0.1) is 0 Å². The Kier molecular flexibility index (Phi) is 3.55. The van der Waals surface area contributed by atoms with Gasteiger partial charge in [0.2, 0.25) is 0 Å². The summed E-state index contributed by atoms with van der Waals surface area (Å²) in [6, 6.07) is 17.9. The van der Waals surface area contributed by atoms with Gasteiger partial charge in [-0.2, -0.15) is 0 Å². The summed E-state index contributed by atoms with van der Waals surface area (Å²) >= 11 is 0. The number of rotatable bonds is 4. The fraction of sp³-hybridized carbons (Fsp3) is 0.111. The summed E-state index contributed by atoms with van der Waals surface area (Å²) < 4.78 is 0. The third kappa shape index (κ3) is 2.75. The highest BCUT2D eigenvalue weighted by Crippen LogP contribution is 2.17. The van der Waals surface area contributed by atoms with Crippen LogP contribution in [0.2, 0.25) is 0 Å². The van der Waals surface area contributed by atoms with Gasteiger partial charge in [0.15, 0.2) is 5.78 Å². The maximum Gasteiger partial charge on any atom is 0.163 e. The second kappa shape index (κ2) is 5.66. The maximum atomic E-state index is 12.2. The predicted octanol–water partition coefficient (Wildman–Crippen LogP) is 4.05. The van der Waals surface area contributed by atoms with Crippen LogP contribution in [0.4, 0.5) is 0 Å². The molecule has 1 aromatic heterocycles. The summed E-state index contributed by atoms with van der Waals surface area (Å²) in [6.07, 6.45) is 4.81. The first-order valence-electron chi connectivity index (χ1n) is 6.74. The smallest absolute Gasteiger partial charge is 0.163 e. The molecule has 0 radical (unpaired) electrons. The lowest BCUT2D eigenvalue weighted by atomic mass is 10.0. The quantitative estimate of drug-likeness (QED) is 0.663. The number of nitrogens with zero attached hydrogens (tertiary/aromatic N) is 1. The van der Waals surface area contributed by atoms with E-state index in [9.17, 15) is 4.79 Å². The van der Waals surface area contributed by atoms with Crippen LogP contribution in [0, 0.1) is 0 Å². The first kappa shape index (κ1) is 12.5. The van der Waals surface area contributed by atoms with Crippen LogP contribution in [0.25, 0.3) is 10.8 Å². The average Bonchev–Trinajstić information content (AvgIpc) is 2.53. The summed E-state index contributed by atoms with van der Waals surface area (Å²) in [6.45, 7) is 0. The van der Waals surface area contributed by atoms with Crippen molar-refractivity contribution < 1.29 is 4.79 Å². The number of ketones is 1. The number of aromatic nitrogens is 1. The van der Waals surface area contributed by atoms with E-state index in [4.69, 9.17) is 0 Å². The zero-order chi connectivity index (χ0) is 13.8. The Hall–Kier alpha value is -2.48. The van der Waals surface area contributed by atoms with Crippen molar-refractivity contribution in [2.24, 2.45) is 0 Å². The average molecular weight is 261 g/mol. The number of carbonyl (C=O) groups is 1. The standard InChI is InChI=1S/C18H15NO/c20-18(10-7-14-4-3-11-19-13-14)17-9-8-15-5-1-2-6-16(15)12-17/h1-6,8-9,11-13H,7,10H2. The fourth-order valence-electron chi connectivity index (χ4n) is 2.31. The Morgan fingerprint density at radius 2 is 1.80 bits per heavy atom. The number of fused-ring (bicyclic) bond motifs is 1. The van der Waals surface area contributed by atoms with Gasteiger partial charge < -0.3 is 0 Å². The first-order chi connectivity index (χ1) is 9.83. The number of benzene rings is 2. The van der Waals surface area contributed by atoms with E-state index in [-0.39, 0.29) is 5.78 Å². The van der Waals surface area contributed by atoms with Crippen LogP contribution in [0.3, 0.4) is 0 Å². The van der Waals surface area contributed by atoms with Gasteiger partial charge in [0.1, 0.15) is 0 Å². The minimum atomic E-state index is 0.180. The monoisotopic (exact) mass is 261 g/mol. The summed E-state index contributed by atoms with van der Waals surface area (Å²) in [5.74, 6) is 0.180. The van der Waals surface area contributed by atoms with Gasteiger partial charge in [-0.25, -0.2) is 0 Å². The highest BCUT2D eigenvalue weighted by Gasteiger charge is 2.07. The van der Waals surface area contributed by atoms with Crippen molar-refractivity contribution in [1.29, 1.82) is 0 Å². The molecule has 3 aromatic rings. The lowest BCUT2D eigenvalue weighted by Gasteiger charge is -2.03. The minimum Gasteiger partial charge on any atom is -0.294 e. The number of hydrogen-bond acceptors (Lipinski definition) is 2. The molecule has 2 aromatic carbocycles. The van der Waals surface area contributed by atoms with E-state index in [0.29, 0.717) is 6.42 Å². The molecule has 0 N–H and O–H groups in total. The van der Waals surface area contributed by atoms with E-state index in [1.807, 2.05) is 54.7 Å². The van der Waals surface area contributed by atoms with Crippen molar-refractivity contribution in [3.8, 4) is 0 Å². The third-order valence-electron chi connectivity index (χ3n) is 3.43. The van der Waals surface area contributed by atoms with Crippen LogP contribution in [0.1, 0.15) is 22.3 Å². The number of carbonyl (C=O) groups excluding carboxylic acids is 1. The Morgan fingerprint density at radius 1 is 0.950 bits per heavy atom. The zero-order valence-corrected chi connectivity index (χ0v) is 11.1. The number of Topliss-reactive ketones (excluding diaryl/α,β-unsaturated/α-hetero) is 1. The van der Waals surface area contributed by atoms with Crippen LogP contribution in [0.5, 0.6) is 0 Å².